The highest BCUT2D eigenvalue weighted by atomic mass is 32.2. The molecule has 2 aliphatic rings. The number of fused-ring (bicyclic) bond motifs is 1. The molecule has 0 saturated carbocycles. The lowest BCUT2D eigenvalue weighted by atomic mass is 10.0. The highest BCUT2D eigenvalue weighted by molar-refractivity contribution is 8.01. The van der Waals surface area contributed by atoms with E-state index in [0.29, 0.717) is 9.91 Å². The number of thioether (sulfide) groups is 2. The summed E-state index contributed by atoms with van der Waals surface area (Å²) in [5.41, 5.74) is 2.71. The summed E-state index contributed by atoms with van der Waals surface area (Å²) < 4.78 is 0.379. The number of hydrogen-bond acceptors (Lipinski definition) is 14. The number of rotatable bonds is 10. The molecule has 2 aromatic heterocycles. The maximum atomic E-state index is 13.4. The van der Waals surface area contributed by atoms with Gasteiger partial charge in [0, 0.05) is 11.5 Å². The minimum Gasteiger partial charge on any atom is -0.508 e. The Labute approximate surface area is 256 Å². The summed E-state index contributed by atoms with van der Waals surface area (Å²) in [7, 11) is 0. The van der Waals surface area contributed by atoms with Gasteiger partial charge in [0.2, 0.25) is 16.6 Å². The molecule has 4 amide bonds. The maximum absolute atomic E-state index is 13.4. The second kappa shape index (κ2) is 12.3. The molecule has 3 atom stereocenters. The monoisotopic (exact) mass is 661 g/mol. The largest absolute Gasteiger partial charge is 0.508 e. The molecular weight excluding hydrogens is 643 g/mol. The molecule has 1 saturated heterocycles. The fourth-order valence-corrected chi connectivity index (χ4v) is 7.40. The number of amides is 4. The third-order valence-electron chi connectivity index (χ3n) is 6.23. The van der Waals surface area contributed by atoms with E-state index in [-0.39, 0.29) is 33.5 Å². The first-order valence-corrected chi connectivity index (χ1v) is 15.0. The first-order chi connectivity index (χ1) is 20.9. The van der Waals surface area contributed by atoms with Crippen molar-refractivity contribution in [3.63, 3.8) is 0 Å². The number of benzene rings is 1. The van der Waals surface area contributed by atoms with Crippen molar-refractivity contribution >= 4 is 64.5 Å². The number of phenols is 1. The predicted molar refractivity (Wildman–Crippen MR) is 153 cm³/mol. The smallest absolute Gasteiger partial charge is 0.352 e. The lowest BCUT2D eigenvalue weighted by Crippen LogP contribution is -2.71. The number of H-pyrrole nitrogens is 2. The van der Waals surface area contributed by atoms with E-state index in [2.05, 4.69) is 25.9 Å². The van der Waals surface area contributed by atoms with Gasteiger partial charge in [-0.1, -0.05) is 35.2 Å². The van der Waals surface area contributed by atoms with Gasteiger partial charge in [0.05, 0.1) is 0 Å². The number of nitrogens with two attached hydrogens (primary N) is 1. The number of carbonyl (C=O) groups excluding carboxylic acids is 4. The first-order valence-electron chi connectivity index (χ1n) is 12.2. The van der Waals surface area contributed by atoms with E-state index in [0.717, 1.165) is 28.0 Å². The van der Waals surface area contributed by atoms with Crippen LogP contribution >= 0.6 is 34.9 Å². The molecule has 18 nitrogen and oxygen atoms in total. The van der Waals surface area contributed by atoms with Crippen molar-refractivity contribution in [1.29, 1.82) is 0 Å². The van der Waals surface area contributed by atoms with E-state index in [9.17, 15) is 43.8 Å². The number of β-lactam (4-membered cyclic amide) rings is 1. The average molecular weight is 662 g/mol. The molecule has 2 unspecified atom stereocenters. The molecule has 0 aliphatic carbocycles. The first kappa shape index (κ1) is 30.4. The molecule has 0 bridgehead atoms. The summed E-state index contributed by atoms with van der Waals surface area (Å²) in [6.07, 6.45) is 0. The molecule has 4 heterocycles. The van der Waals surface area contributed by atoms with Gasteiger partial charge < -0.3 is 26.6 Å². The quantitative estimate of drug-likeness (QED) is 0.0925. The van der Waals surface area contributed by atoms with Crippen LogP contribution in [0.1, 0.15) is 31.9 Å². The maximum Gasteiger partial charge on any atom is 0.352 e. The Kier molecular flexibility index (Phi) is 8.51. The number of carboxylic acid groups (broad SMARTS) is 1. The number of aromatic hydroxyl groups is 1. The SMILES string of the molecule is NC(=O)c1nnc(SCC2=C(C(=O)O)N3C(=O)C(NC(=O)C(NC(=O)c4n[nH]c(=O)[nH]c4=O)c4ccc(O)cc4)[C@@H]3SC2)s1. The summed E-state index contributed by atoms with van der Waals surface area (Å²) >= 11 is 3.27. The van der Waals surface area contributed by atoms with Gasteiger partial charge >= 0.3 is 11.7 Å². The number of nitrogens with one attached hydrogen (secondary N) is 4. The Morgan fingerprint density at radius 1 is 1.16 bits per heavy atom. The minimum atomic E-state index is -1.50. The number of carbonyl (C=O) groups is 5. The highest BCUT2D eigenvalue weighted by Crippen LogP contribution is 2.42. The van der Waals surface area contributed by atoms with E-state index in [1.54, 1.807) is 0 Å². The van der Waals surface area contributed by atoms with Gasteiger partial charge in [-0.25, -0.2) is 14.7 Å². The van der Waals surface area contributed by atoms with Crippen molar-refractivity contribution in [2.45, 2.75) is 21.8 Å². The van der Waals surface area contributed by atoms with Crippen LogP contribution in [0.25, 0.3) is 0 Å². The van der Waals surface area contributed by atoms with Gasteiger partial charge in [0.25, 0.3) is 23.3 Å². The number of primary amides is 1. The third-order valence-corrected chi connectivity index (χ3v) is 9.72. The Balaban J connectivity index is 1.33. The molecule has 21 heteroatoms. The molecule has 228 valence electrons. The molecule has 0 spiro atoms. The fraction of sp³-hybridized carbons (Fsp3) is 0.217. The van der Waals surface area contributed by atoms with Crippen molar-refractivity contribution in [3.8, 4) is 5.75 Å². The molecule has 1 aromatic carbocycles. The minimum absolute atomic E-state index is 0.00177. The van der Waals surface area contributed by atoms with Crippen molar-refractivity contribution in [2.24, 2.45) is 5.73 Å². The summed E-state index contributed by atoms with van der Waals surface area (Å²) in [5, 5.41) is 36.5. The third kappa shape index (κ3) is 6.05. The van der Waals surface area contributed by atoms with Crippen molar-refractivity contribution in [1.82, 2.24) is 40.9 Å². The van der Waals surface area contributed by atoms with Gasteiger partial charge in [-0.3, -0.25) is 33.9 Å². The molecule has 2 aliphatic heterocycles. The zero-order chi connectivity index (χ0) is 31.7. The van der Waals surface area contributed by atoms with Crippen molar-refractivity contribution in [3.05, 3.63) is 72.6 Å². The van der Waals surface area contributed by atoms with Crippen molar-refractivity contribution in [2.75, 3.05) is 11.5 Å². The molecular formula is C23H19N9O9S3. The lowest BCUT2D eigenvalue weighted by Gasteiger charge is -2.49. The summed E-state index contributed by atoms with van der Waals surface area (Å²) in [4.78, 5) is 89.1. The van der Waals surface area contributed by atoms with Crippen LogP contribution in [0.5, 0.6) is 5.75 Å². The van der Waals surface area contributed by atoms with Crippen LogP contribution in [0.15, 0.2) is 49.5 Å². The van der Waals surface area contributed by atoms with Crippen LogP contribution in [-0.2, 0) is 14.4 Å². The van der Waals surface area contributed by atoms with Crippen LogP contribution in [0, 0.1) is 0 Å². The number of aromatic amines is 2. The van der Waals surface area contributed by atoms with Crippen molar-refractivity contribution < 1.29 is 34.2 Å². The summed E-state index contributed by atoms with van der Waals surface area (Å²) in [5.74, 6) is -4.64. The Bertz CT molecular complexity index is 1840. The number of carboxylic acids is 1. The van der Waals surface area contributed by atoms with Crippen LogP contribution in [0.4, 0.5) is 0 Å². The van der Waals surface area contributed by atoms with E-state index in [1.807, 2.05) is 10.1 Å². The Morgan fingerprint density at radius 3 is 2.52 bits per heavy atom. The van der Waals surface area contributed by atoms with Crippen LogP contribution in [0.2, 0.25) is 0 Å². The summed E-state index contributed by atoms with van der Waals surface area (Å²) in [6, 6.07) is 2.50. The predicted octanol–water partition coefficient (Wildman–Crippen LogP) is -1.88. The number of nitrogens with zero attached hydrogens (tertiary/aromatic N) is 4. The molecule has 8 N–H and O–H groups in total. The fourth-order valence-electron chi connectivity index (χ4n) is 4.22. The van der Waals surface area contributed by atoms with Crippen LogP contribution < -0.4 is 27.6 Å². The van der Waals surface area contributed by atoms with Gasteiger partial charge in [-0.05, 0) is 23.3 Å². The zero-order valence-electron chi connectivity index (χ0n) is 21.8. The standard InChI is InChI=1S/C23H19N9O9S3/c24-14(34)18-29-31-23(44-18)43-6-8-5-42-20-12(19(38)32(20)13(8)21(39)40)26-15(35)10(7-1-3-9(33)4-2-7)25-16(36)11-17(37)27-22(41)30-28-11/h1-4,10,12,20,33H,5-6H2,(H2,24,34)(H,25,36)(H,26,35)(H,39,40)(H2,27,30,37,41)/t10?,12?,20-/m0/s1. The number of aromatic nitrogens is 5. The number of aliphatic carboxylic acids is 1. The van der Waals surface area contributed by atoms with Gasteiger partial charge in [0.15, 0.2) is 4.34 Å². The number of phenolic OH excluding ortho intramolecular Hbond substituents is 1. The lowest BCUT2D eigenvalue weighted by molar-refractivity contribution is -0.151. The van der Waals surface area contributed by atoms with E-state index in [1.165, 1.54) is 36.0 Å². The topological polar surface area (TPSA) is 284 Å². The van der Waals surface area contributed by atoms with E-state index in [4.69, 9.17) is 5.73 Å². The van der Waals surface area contributed by atoms with Crippen LogP contribution in [-0.4, -0.2) is 93.0 Å². The molecule has 3 aromatic rings. The zero-order valence-corrected chi connectivity index (χ0v) is 24.2. The van der Waals surface area contributed by atoms with Gasteiger partial charge in [-0.15, -0.1) is 22.0 Å². The molecule has 0 radical (unpaired) electrons. The number of hydrogen-bond donors (Lipinski definition) is 7. The Hall–Kier alpha value is -5.02. The van der Waals surface area contributed by atoms with E-state index >= 15 is 0 Å². The average Bonchev–Trinajstić information content (AvgIpc) is 3.47. The second-order valence-electron chi connectivity index (χ2n) is 9.03. The second-order valence-corrected chi connectivity index (χ2v) is 12.3. The molecule has 1 fully saturated rings. The summed E-state index contributed by atoms with van der Waals surface area (Å²) in [6.45, 7) is 0. The van der Waals surface area contributed by atoms with Gasteiger partial charge in [-0.2, -0.15) is 5.10 Å². The van der Waals surface area contributed by atoms with E-state index < -0.39 is 64.0 Å². The Morgan fingerprint density at radius 2 is 1.89 bits per heavy atom. The highest BCUT2D eigenvalue weighted by Gasteiger charge is 2.54. The molecule has 5 rings (SSSR count). The normalized spacial score (nSPS) is 18.2. The molecule has 44 heavy (non-hydrogen) atoms. The van der Waals surface area contributed by atoms with Gasteiger partial charge in [0.1, 0.15) is 28.9 Å². The van der Waals surface area contributed by atoms with Crippen LogP contribution in [0.3, 0.4) is 0 Å².